The normalized spacial score (nSPS) is 19.2. The van der Waals surface area contributed by atoms with Gasteiger partial charge in [-0.05, 0) is 12.1 Å². The van der Waals surface area contributed by atoms with E-state index in [4.69, 9.17) is 11.6 Å². The number of hydrogen-bond donors (Lipinski definition) is 0. The average molecular weight is 297 g/mol. The summed E-state index contributed by atoms with van der Waals surface area (Å²) in [5.41, 5.74) is 0.989. The van der Waals surface area contributed by atoms with Crippen molar-refractivity contribution in [2.45, 2.75) is 11.8 Å². The Morgan fingerprint density at radius 2 is 2.21 bits per heavy atom. The highest BCUT2D eigenvalue weighted by atomic mass is 35.5. The highest BCUT2D eigenvalue weighted by molar-refractivity contribution is 7.14. The average Bonchev–Trinajstić information content (AvgIpc) is 2.96. The minimum absolute atomic E-state index is 0.0329. The molecular weight excluding hydrogens is 287 g/mol. The number of anilines is 1. The molecule has 1 saturated heterocycles. The first-order valence-electron chi connectivity index (χ1n) is 5.80. The molecule has 19 heavy (non-hydrogen) atoms. The van der Waals surface area contributed by atoms with Crippen molar-refractivity contribution in [3.8, 4) is 11.3 Å². The topological polar surface area (TPSA) is 33.2 Å². The van der Waals surface area contributed by atoms with Crippen LogP contribution >= 0.6 is 22.9 Å². The van der Waals surface area contributed by atoms with Gasteiger partial charge < -0.3 is 0 Å². The molecule has 0 spiro atoms. The van der Waals surface area contributed by atoms with Crippen LogP contribution in [0.3, 0.4) is 0 Å². The predicted molar refractivity (Wildman–Crippen MR) is 74.1 cm³/mol. The SMILES string of the molecule is O=C1CC(Cl)CN1c1nc(-c2ccccc2F)cs1. The maximum Gasteiger partial charge on any atom is 0.230 e. The fourth-order valence-corrected chi connectivity index (χ4v) is 3.15. The molecule has 3 nitrogen and oxygen atoms in total. The zero-order valence-electron chi connectivity index (χ0n) is 9.85. The maximum atomic E-state index is 13.7. The molecule has 0 saturated carbocycles. The van der Waals surface area contributed by atoms with Crippen molar-refractivity contribution in [2.24, 2.45) is 0 Å². The monoisotopic (exact) mass is 296 g/mol. The van der Waals surface area contributed by atoms with Crippen molar-refractivity contribution in [1.82, 2.24) is 4.98 Å². The Labute approximate surface area is 118 Å². The molecule has 6 heteroatoms. The lowest BCUT2D eigenvalue weighted by molar-refractivity contribution is -0.117. The molecule has 1 fully saturated rings. The summed E-state index contributed by atoms with van der Waals surface area (Å²) in [6.45, 7) is 0.463. The van der Waals surface area contributed by atoms with Gasteiger partial charge in [0.05, 0.1) is 11.1 Å². The zero-order chi connectivity index (χ0) is 13.4. The maximum absolute atomic E-state index is 13.7. The fourth-order valence-electron chi connectivity index (χ4n) is 2.03. The van der Waals surface area contributed by atoms with E-state index in [0.29, 0.717) is 29.4 Å². The van der Waals surface area contributed by atoms with Gasteiger partial charge in [0.1, 0.15) is 5.82 Å². The first-order chi connectivity index (χ1) is 9.15. The van der Waals surface area contributed by atoms with E-state index in [1.54, 1.807) is 28.5 Å². The number of rotatable bonds is 2. The van der Waals surface area contributed by atoms with E-state index in [2.05, 4.69) is 4.98 Å². The Kier molecular flexibility index (Phi) is 3.24. The van der Waals surface area contributed by atoms with Gasteiger partial charge in [0.2, 0.25) is 5.91 Å². The molecule has 2 heterocycles. The second kappa shape index (κ2) is 4.90. The number of carbonyl (C=O) groups is 1. The van der Waals surface area contributed by atoms with Crippen molar-refractivity contribution >= 4 is 34.0 Å². The van der Waals surface area contributed by atoms with Gasteiger partial charge in [-0.3, -0.25) is 9.69 Å². The summed E-state index contributed by atoms with van der Waals surface area (Å²) in [4.78, 5) is 17.6. The van der Waals surface area contributed by atoms with Gasteiger partial charge in [-0.1, -0.05) is 12.1 Å². The second-order valence-electron chi connectivity index (χ2n) is 4.30. The van der Waals surface area contributed by atoms with Crippen LogP contribution in [0, 0.1) is 5.82 Å². The number of benzene rings is 1. The molecule has 1 unspecified atom stereocenters. The molecule has 1 aromatic carbocycles. The molecule has 2 aromatic rings. The first-order valence-corrected chi connectivity index (χ1v) is 7.11. The van der Waals surface area contributed by atoms with E-state index in [9.17, 15) is 9.18 Å². The van der Waals surface area contributed by atoms with Crippen molar-refractivity contribution in [2.75, 3.05) is 11.4 Å². The lowest BCUT2D eigenvalue weighted by Crippen LogP contribution is -2.24. The molecule has 0 radical (unpaired) electrons. The van der Waals surface area contributed by atoms with E-state index >= 15 is 0 Å². The summed E-state index contributed by atoms with van der Waals surface area (Å²) in [5.74, 6) is -0.350. The van der Waals surface area contributed by atoms with Crippen LogP contribution in [0.15, 0.2) is 29.6 Å². The third kappa shape index (κ3) is 2.35. The molecular formula is C13H10ClFN2OS. The molecule has 0 bridgehead atoms. The quantitative estimate of drug-likeness (QED) is 0.797. The number of thiazole rings is 1. The second-order valence-corrected chi connectivity index (χ2v) is 5.75. The fraction of sp³-hybridized carbons (Fsp3) is 0.231. The molecule has 1 aliphatic heterocycles. The van der Waals surface area contributed by atoms with Crippen molar-refractivity contribution in [3.05, 3.63) is 35.5 Å². The smallest absolute Gasteiger partial charge is 0.230 e. The Balaban J connectivity index is 1.92. The van der Waals surface area contributed by atoms with Crippen LogP contribution in [0.5, 0.6) is 0 Å². The number of nitrogens with zero attached hydrogens (tertiary/aromatic N) is 2. The van der Waals surface area contributed by atoms with Gasteiger partial charge in [-0.15, -0.1) is 22.9 Å². The Morgan fingerprint density at radius 3 is 2.89 bits per heavy atom. The number of amides is 1. The largest absolute Gasteiger partial charge is 0.287 e. The summed E-state index contributed by atoms with van der Waals surface area (Å²) in [6.07, 6.45) is 0.330. The van der Waals surface area contributed by atoms with Crippen molar-refractivity contribution in [1.29, 1.82) is 0 Å². The van der Waals surface area contributed by atoms with Gasteiger partial charge in [0.25, 0.3) is 0 Å². The minimum atomic E-state index is -0.317. The molecule has 0 N–H and O–H groups in total. The summed E-state index contributed by atoms with van der Waals surface area (Å²) in [5, 5.41) is 2.16. The van der Waals surface area contributed by atoms with Gasteiger partial charge in [-0.25, -0.2) is 9.37 Å². The van der Waals surface area contributed by atoms with E-state index in [0.717, 1.165) is 0 Å². The minimum Gasteiger partial charge on any atom is -0.287 e. The van der Waals surface area contributed by atoms with Crippen LogP contribution < -0.4 is 4.90 Å². The molecule has 98 valence electrons. The number of carbonyl (C=O) groups excluding carboxylic acids is 1. The van der Waals surface area contributed by atoms with Gasteiger partial charge in [-0.2, -0.15) is 0 Å². The standard InChI is InChI=1S/C13H10ClFN2OS/c14-8-5-12(18)17(6-8)13-16-11(7-19-13)9-3-1-2-4-10(9)15/h1-4,7-8H,5-6H2. The Hall–Kier alpha value is -1.46. The van der Waals surface area contributed by atoms with E-state index < -0.39 is 0 Å². The summed E-state index contributed by atoms with van der Waals surface area (Å²) in [7, 11) is 0. The summed E-state index contributed by atoms with van der Waals surface area (Å²) < 4.78 is 13.7. The van der Waals surface area contributed by atoms with Gasteiger partial charge in [0, 0.05) is 23.9 Å². The molecule has 1 atom stereocenters. The van der Waals surface area contributed by atoms with Gasteiger partial charge >= 0.3 is 0 Å². The molecule has 0 aliphatic carbocycles. The predicted octanol–water partition coefficient (Wildman–Crippen LogP) is 3.29. The van der Waals surface area contributed by atoms with E-state index in [1.807, 2.05) is 0 Å². The molecule has 3 rings (SSSR count). The Bertz CT molecular complexity index is 631. The Morgan fingerprint density at radius 1 is 1.42 bits per heavy atom. The van der Waals surface area contributed by atoms with Crippen molar-refractivity contribution in [3.63, 3.8) is 0 Å². The molecule has 1 aromatic heterocycles. The van der Waals surface area contributed by atoms with Crippen LogP contribution in [-0.2, 0) is 4.79 Å². The van der Waals surface area contributed by atoms with Crippen LogP contribution in [0.4, 0.5) is 9.52 Å². The summed E-state index contributed by atoms with van der Waals surface area (Å²) in [6, 6.07) is 6.45. The molecule has 1 aliphatic rings. The number of halogens is 2. The lowest BCUT2D eigenvalue weighted by Gasteiger charge is -2.10. The van der Waals surface area contributed by atoms with Crippen molar-refractivity contribution < 1.29 is 9.18 Å². The molecule has 1 amide bonds. The third-order valence-electron chi connectivity index (χ3n) is 2.95. The summed E-state index contributed by atoms with van der Waals surface area (Å²) >= 11 is 7.28. The van der Waals surface area contributed by atoms with Crippen LogP contribution in [0.1, 0.15) is 6.42 Å². The van der Waals surface area contributed by atoms with E-state index in [1.165, 1.54) is 17.4 Å². The van der Waals surface area contributed by atoms with Crippen LogP contribution in [0.25, 0.3) is 11.3 Å². The van der Waals surface area contributed by atoms with Crippen LogP contribution in [0.2, 0.25) is 0 Å². The lowest BCUT2D eigenvalue weighted by atomic mass is 10.2. The first kappa shape index (κ1) is 12.6. The highest BCUT2D eigenvalue weighted by Gasteiger charge is 2.31. The number of aromatic nitrogens is 1. The third-order valence-corrected chi connectivity index (χ3v) is 4.11. The number of hydrogen-bond acceptors (Lipinski definition) is 3. The van der Waals surface area contributed by atoms with Crippen LogP contribution in [-0.4, -0.2) is 22.8 Å². The van der Waals surface area contributed by atoms with Gasteiger partial charge in [0.15, 0.2) is 5.13 Å². The highest BCUT2D eigenvalue weighted by Crippen LogP contribution is 2.31. The zero-order valence-corrected chi connectivity index (χ0v) is 11.4. The number of alkyl halides is 1. The van der Waals surface area contributed by atoms with E-state index in [-0.39, 0.29) is 17.1 Å².